The lowest BCUT2D eigenvalue weighted by Crippen LogP contribution is -2.45. The van der Waals surface area contributed by atoms with Crippen molar-refractivity contribution < 1.29 is 9.39 Å². The third-order valence-electron chi connectivity index (χ3n) is 2.02. The topological polar surface area (TPSA) is 18.5 Å². The van der Waals surface area contributed by atoms with E-state index in [4.69, 9.17) is 9.39 Å². The van der Waals surface area contributed by atoms with E-state index in [1.807, 2.05) is 0 Å². The van der Waals surface area contributed by atoms with E-state index in [0.29, 0.717) is 5.41 Å². The minimum atomic E-state index is 0.370. The zero-order chi connectivity index (χ0) is 6.74. The number of hydrogen-bond donors (Lipinski definition) is 0. The number of rotatable bonds is 3. The molecule has 0 atom stereocenters. The fraction of sp³-hybridized carbons (Fsp3) is 1.00. The van der Waals surface area contributed by atoms with Gasteiger partial charge < -0.3 is 9.39 Å². The van der Waals surface area contributed by atoms with Crippen LogP contribution in [0.3, 0.4) is 0 Å². The average Bonchev–Trinajstić information content (AvgIpc) is 1.79. The minimum absolute atomic E-state index is 0.370. The van der Waals surface area contributed by atoms with Crippen LogP contribution in [0.25, 0.3) is 0 Å². The zero-order valence-corrected chi connectivity index (χ0v) is 6.14. The molecular weight excluding hydrogens is 115 g/mol. The SMILES string of the molecule is BOCC1(CC)COC1. The van der Waals surface area contributed by atoms with Gasteiger partial charge in [0, 0.05) is 12.0 Å². The van der Waals surface area contributed by atoms with Crippen LogP contribution in [0.15, 0.2) is 0 Å². The second kappa shape index (κ2) is 2.71. The standard InChI is InChI=1S/C6H13BO2/c1-2-6(5-9-7)3-8-4-6/h2-5,7H2,1H3. The molecule has 2 nitrogen and oxygen atoms in total. The summed E-state index contributed by atoms with van der Waals surface area (Å²) in [5, 5.41) is 0. The van der Waals surface area contributed by atoms with Crippen molar-refractivity contribution in [1.82, 2.24) is 0 Å². The highest BCUT2D eigenvalue weighted by Gasteiger charge is 2.36. The van der Waals surface area contributed by atoms with Gasteiger partial charge in [0.1, 0.15) is 0 Å². The van der Waals surface area contributed by atoms with Gasteiger partial charge in [-0.05, 0) is 6.42 Å². The first-order valence-electron chi connectivity index (χ1n) is 3.40. The molecule has 0 N–H and O–H groups in total. The largest absolute Gasteiger partial charge is 0.443 e. The molecule has 1 aliphatic rings. The van der Waals surface area contributed by atoms with E-state index in [1.54, 1.807) is 8.05 Å². The first-order valence-corrected chi connectivity index (χ1v) is 3.40. The van der Waals surface area contributed by atoms with Crippen LogP contribution < -0.4 is 0 Å². The van der Waals surface area contributed by atoms with Crippen LogP contribution in [0.5, 0.6) is 0 Å². The van der Waals surface area contributed by atoms with Crippen molar-refractivity contribution >= 4 is 8.05 Å². The van der Waals surface area contributed by atoms with E-state index >= 15 is 0 Å². The predicted molar refractivity (Wildman–Crippen MR) is 38.0 cm³/mol. The molecule has 0 aliphatic carbocycles. The molecule has 1 aliphatic heterocycles. The fourth-order valence-electron chi connectivity index (χ4n) is 1.09. The summed E-state index contributed by atoms with van der Waals surface area (Å²) in [5.74, 6) is 0. The van der Waals surface area contributed by atoms with E-state index in [2.05, 4.69) is 6.92 Å². The van der Waals surface area contributed by atoms with Gasteiger partial charge >= 0.3 is 0 Å². The third kappa shape index (κ3) is 1.27. The Hall–Kier alpha value is -0.0151. The van der Waals surface area contributed by atoms with Crippen molar-refractivity contribution in [3.05, 3.63) is 0 Å². The fourth-order valence-corrected chi connectivity index (χ4v) is 1.09. The summed E-state index contributed by atoms with van der Waals surface area (Å²) in [4.78, 5) is 0. The monoisotopic (exact) mass is 128 g/mol. The van der Waals surface area contributed by atoms with Gasteiger partial charge in [-0.1, -0.05) is 6.92 Å². The van der Waals surface area contributed by atoms with Crippen LogP contribution in [-0.4, -0.2) is 27.9 Å². The maximum absolute atomic E-state index is 5.10. The average molecular weight is 128 g/mol. The summed E-state index contributed by atoms with van der Waals surface area (Å²) in [7, 11) is 1.75. The van der Waals surface area contributed by atoms with Crippen LogP contribution in [-0.2, 0) is 9.39 Å². The summed E-state index contributed by atoms with van der Waals surface area (Å²) in [6.45, 7) is 4.81. The normalized spacial score (nSPS) is 23.2. The van der Waals surface area contributed by atoms with Gasteiger partial charge in [0.05, 0.1) is 13.2 Å². The second-order valence-corrected chi connectivity index (χ2v) is 2.78. The Kier molecular flexibility index (Phi) is 2.14. The molecule has 1 saturated heterocycles. The van der Waals surface area contributed by atoms with Gasteiger partial charge in [-0.25, -0.2) is 0 Å². The molecule has 0 spiro atoms. The van der Waals surface area contributed by atoms with Gasteiger partial charge in [-0.2, -0.15) is 0 Å². The van der Waals surface area contributed by atoms with E-state index in [-0.39, 0.29) is 0 Å². The summed E-state index contributed by atoms with van der Waals surface area (Å²) in [6.07, 6.45) is 1.17. The van der Waals surface area contributed by atoms with E-state index in [1.165, 1.54) is 6.42 Å². The Bertz CT molecular complexity index is 85.5. The van der Waals surface area contributed by atoms with Crippen LogP contribution in [0, 0.1) is 5.41 Å². The quantitative estimate of drug-likeness (QED) is 0.497. The summed E-state index contributed by atoms with van der Waals surface area (Å²) < 4.78 is 10.2. The predicted octanol–water partition coefficient (Wildman–Crippen LogP) is -0.0223. The molecule has 0 aromatic carbocycles. The molecule has 0 aromatic rings. The van der Waals surface area contributed by atoms with Gasteiger partial charge in [0.25, 0.3) is 8.05 Å². The lowest BCUT2D eigenvalue weighted by molar-refractivity contribution is -0.132. The molecule has 0 unspecified atom stereocenters. The Balaban J connectivity index is 2.28. The van der Waals surface area contributed by atoms with E-state index < -0.39 is 0 Å². The Morgan fingerprint density at radius 1 is 1.67 bits per heavy atom. The van der Waals surface area contributed by atoms with Gasteiger partial charge in [0.2, 0.25) is 0 Å². The van der Waals surface area contributed by atoms with Crippen LogP contribution in [0.1, 0.15) is 13.3 Å². The van der Waals surface area contributed by atoms with Crippen molar-refractivity contribution in [2.24, 2.45) is 5.41 Å². The second-order valence-electron chi connectivity index (χ2n) is 2.78. The highest BCUT2D eigenvalue weighted by molar-refractivity contribution is 5.97. The molecule has 9 heavy (non-hydrogen) atoms. The molecular formula is C6H13BO2. The van der Waals surface area contributed by atoms with Gasteiger partial charge in [-0.15, -0.1) is 0 Å². The minimum Gasteiger partial charge on any atom is -0.443 e. The van der Waals surface area contributed by atoms with E-state index in [0.717, 1.165) is 19.8 Å². The molecule has 0 radical (unpaired) electrons. The Labute approximate surface area is 57.0 Å². The van der Waals surface area contributed by atoms with Crippen molar-refractivity contribution in [2.45, 2.75) is 13.3 Å². The maximum Gasteiger partial charge on any atom is 0.257 e. The first-order chi connectivity index (χ1) is 4.33. The van der Waals surface area contributed by atoms with Crippen LogP contribution in [0.4, 0.5) is 0 Å². The lowest BCUT2D eigenvalue weighted by Gasteiger charge is -2.40. The molecule has 1 heterocycles. The lowest BCUT2D eigenvalue weighted by atomic mass is 9.84. The van der Waals surface area contributed by atoms with Crippen molar-refractivity contribution in [3.8, 4) is 0 Å². The molecule has 0 aromatic heterocycles. The molecule has 0 bridgehead atoms. The molecule has 3 heteroatoms. The van der Waals surface area contributed by atoms with Gasteiger partial charge in [0.15, 0.2) is 0 Å². The van der Waals surface area contributed by atoms with Gasteiger partial charge in [-0.3, -0.25) is 0 Å². The van der Waals surface area contributed by atoms with Crippen LogP contribution in [0.2, 0.25) is 0 Å². The molecule has 0 amide bonds. The summed E-state index contributed by atoms with van der Waals surface area (Å²) in [6, 6.07) is 0. The highest BCUT2D eigenvalue weighted by atomic mass is 16.5. The number of ether oxygens (including phenoxy) is 1. The third-order valence-corrected chi connectivity index (χ3v) is 2.02. The number of hydrogen-bond acceptors (Lipinski definition) is 2. The first kappa shape index (κ1) is 7.10. The Morgan fingerprint density at radius 3 is 2.44 bits per heavy atom. The maximum atomic E-state index is 5.10. The summed E-state index contributed by atoms with van der Waals surface area (Å²) in [5.41, 5.74) is 0.370. The molecule has 1 rings (SSSR count). The molecule has 52 valence electrons. The van der Waals surface area contributed by atoms with Crippen molar-refractivity contribution in [2.75, 3.05) is 19.8 Å². The summed E-state index contributed by atoms with van der Waals surface area (Å²) >= 11 is 0. The van der Waals surface area contributed by atoms with E-state index in [9.17, 15) is 0 Å². The van der Waals surface area contributed by atoms with Crippen molar-refractivity contribution in [1.29, 1.82) is 0 Å². The zero-order valence-electron chi connectivity index (χ0n) is 6.14. The molecule has 1 fully saturated rings. The molecule has 0 saturated carbocycles. The Morgan fingerprint density at radius 2 is 2.33 bits per heavy atom. The van der Waals surface area contributed by atoms with Crippen LogP contribution >= 0.6 is 0 Å². The van der Waals surface area contributed by atoms with Crippen molar-refractivity contribution in [3.63, 3.8) is 0 Å². The highest BCUT2D eigenvalue weighted by Crippen LogP contribution is 2.30. The smallest absolute Gasteiger partial charge is 0.257 e.